The number of nitrogens with one attached hydrogen (secondary N) is 3. The number of halogens is 3. The third-order valence-electron chi connectivity index (χ3n) is 4.01. The fourth-order valence-electron chi connectivity index (χ4n) is 2.50. The van der Waals surface area contributed by atoms with E-state index in [0.717, 1.165) is 22.7 Å². The van der Waals surface area contributed by atoms with Crippen molar-refractivity contribution in [2.24, 2.45) is 0 Å². The van der Waals surface area contributed by atoms with Crippen LogP contribution in [0.25, 0.3) is 11.0 Å². The number of aryl methyl sites for hydroxylation is 1. The van der Waals surface area contributed by atoms with E-state index >= 15 is 0 Å². The molecule has 0 radical (unpaired) electrons. The Bertz CT molecular complexity index is 1090. The van der Waals surface area contributed by atoms with E-state index in [2.05, 4.69) is 20.6 Å². The van der Waals surface area contributed by atoms with Crippen LogP contribution in [0.5, 0.6) is 0 Å². The third-order valence-corrected chi connectivity index (χ3v) is 4.99. The average molecular weight is 422 g/mol. The number of carbonyl (C=O) groups is 2. The molecule has 0 bridgehead atoms. The number of H-pyrrole nitrogens is 1. The van der Waals surface area contributed by atoms with Crippen LogP contribution in [-0.2, 0) is 9.59 Å². The molecule has 0 saturated heterocycles. The van der Waals surface area contributed by atoms with Gasteiger partial charge in [0.25, 0.3) is 0 Å². The Morgan fingerprint density at radius 1 is 1.17 bits per heavy atom. The van der Waals surface area contributed by atoms with Crippen LogP contribution in [0.3, 0.4) is 0 Å². The molecule has 0 aliphatic rings. The van der Waals surface area contributed by atoms with Gasteiger partial charge in [-0.2, -0.15) is 0 Å². The summed E-state index contributed by atoms with van der Waals surface area (Å²) < 4.78 is 39.7. The largest absolute Gasteiger partial charge is 0.346 e. The molecule has 0 saturated carbocycles. The van der Waals surface area contributed by atoms with Crippen LogP contribution in [0.2, 0.25) is 0 Å². The van der Waals surface area contributed by atoms with E-state index < -0.39 is 46.7 Å². The van der Waals surface area contributed by atoms with Gasteiger partial charge in [0.1, 0.15) is 0 Å². The van der Waals surface area contributed by atoms with Gasteiger partial charge in [-0.3, -0.25) is 9.59 Å². The molecule has 10 heteroatoms. The van der Waals surface area contributed by atoms with Crippen molar-refractivity contribution in [1.29, 1.82) is 0 Å². The Morgan fingerprint density at radius 2 is 1.93 bits per heavy atom. The second-order valence-corrected chi connectivity index (χ2v) is 7.64. The molecule has 1 heterocycles. The highest BCUT2D eigenvalue weighted by atomic mass is 32.2. The number of thioether (sulfide) groups is 1. The Labute approximate surface area is 168 Å². The van der Waals surface area contributed by atoms with Crippen molar-refractivity contribution in [3.8, 4) is 0 Å². The molecular weight excluding hydrogens is 405 g/mol. The van der Waals surface area contributed by atoms with Crippen molar-refractivity contribution in [3.63, 3.8) is 0 Å². The summed E-state index contributed by atoms with van der Waals surface area (Å²) in [7, 11) is 0. The number of hydrogen-bond acceptors (Lipinski definition) is 4. The molecule has 1 atom stereocenters. The molecule has 0 spiro atoms. The predicted octanol–water partition coefficient (Wildman–Crippen LogP) is 3.52. The first-order valence-corrected chi connectivity index (χ1v) is 9.46. The zero-order valence-electron chi connectivity index (χ0n) is 15.5. The zero-order valence-corrected chi connectivity index (χ0v) is 16.3. The molecule has 3 N–H and O–H groups in total. The molecule has 0 aliphatic heterocycles. The predicted molar refractivity (Wildman–Crippen MR) is 104 cm³/mol. The number of aromatic amines is 1. The molecule has 29 heavy (non-hydrogen) atoms. The highest BCUT2D eigenvalue weighted by Crippen LogP contribution is 2.24. The SMILES string of the molecule is Cc1ccc2nc(SC(C)C(=O)NCC(=O)Nc3ccc(F)c(F)c3F)[nH]c2c1. The van der Waals surface area contributed by atoms with Gasteiger partial charge in [0.15, 0.2) is 22.6 Å². The lowest BCUT2D eigenvalue weighted by Gasteiger charge is -2.11. The number of benzene rings is 2. The van der Waals surface area contributed by atoms with E-state index in [-0.39, 0.29) is 0 Å². The number of imidazole rings is 1. The summed E-state index contributed by atoms with van der Waals surface area (Å²) in [4.78, 5) is 31.6. The van der Waals surface area contributed by atoms with Gasteiger partial charge in [0.2, 0.25) is 11.8 Å². The minimum atomic E-state index is -1.68. The second kappa shape index (κ2) is 8.56. The van der Waals surface area contributed by atoms with Crippen molar-refractivity contribution >= 4 is 40.3 Å². The topological polar surface area (TPSA) is 86.9 Å². The lowest BCUT2D eigenvalue weighted by atomic mass is 10.2. The van der Waals surface area contributed by atoms with Crippen molar-refractivity contribution in [2.45, 2.75) is 24.3 Å². The Hall–Kier alpha value is -3.01. The molecule has 1 unspecified atom stereocenters. The zero-order chi connectivity index (χ0) is 21.1. The molecule has 1 aromatic heterocycles. The lowest BCUT2D eigenvalue weighted by Crippen LogP contribution is -2.37. The number of fused-ring (bicyclic) bond motifs is 1. The van der Waals surface area contributed by atoms with E-state index in [1.165, 1.54) is 11.8 Å². The van der Waals surface area contributed by atoms with Gasteiger partial charge < -0.3 is 15.6 Å². The molecule has 0 fully saturated rings. The number of rotatable bonds is 6. The van der Waals surface area contributed by atoms with Crippen LogP contribution in [-0.4, -0.2) is 33.6 Å². The van der Waals surface area contributed by atoms with Crippen LogP contribution in [0.15, 0.2) is 35.5 Å². The molecule has 3 aromatic rings. The average Bonchev–Trinajstić information content (AvgIpc) is 3.07. The van der Waals surface area contributed by atoms with E-state index in [1.807, 2.05) is 25.1 Å². The van der Waals surface area contributed by atoms with E-state index in [1.54, 1.807) is 6.92 Å². The quantitative estimate of drug-likeness (QED) is 0.419. The second-order valence-electron chi connectivity index (χ2n) is 6.31. The number of aromatic nitrogens is 2. The fraction of sp³-hybridized carbons (Fsp3) is 0.211. The summed E-state index contributed by atoms with van der Waals surface area (Å²) in [6.07, 6.45) is 0. The number of nitrogens with zero attached hydrogens (tertiary/aromatic N) is 1. The maximum absolute atomic E-state index is 13.6. The summed E-state index contributed by atoms with van der Waals surface area (Å²) in [5.74, 6) is -5.76. The number of amides is 2. The third kappa shape index (κ3) is 4.89. The molecule has 2 amide bonds. The van der Waals surface area contributed by atoms with Crippen molar-refractivity contribution in [3.05, 3.63) is 53.3 Å². The Morgan fingerprint density at radius 3 is 2.69 bits per heavy atom. The van der Waals surface area contributed by atoms with Gasteiger partial charge in [0, 0.05) is 0 Å². The summed E-state index contributed by atoms with van der Waals surface area (Å²) in [6, 6.07) is 7.34. The fourth-order valence-corrected chi connectivity index (χ4v) is 3.35. The van der Waals surface area contributed by atoms with Gasteiger partial charge in [-0.15, -0.1) is 0 Å². The van der Waals surface area contributed by atoms with E-state index in [4.69, 9.17) is 0 Å². The van der Waals surface area contributed by atoms with Crippen LogP contribution < -0.4 is 10.6 Å². The number of hydrogen-bond donors (Lipinski definition) is 3. The highest BCUT2D eigenvalue weighted by molar-refractivity contribution is 8.00. The molecular formula is C19H17F3N4O2S. The Kier molecular flexibility index (Phi) is 6.12. The summed E-state index contributed by atoms with van der Waals surface area (Å²) in [5, 5.41) is 4.48. The first-order chi connectivity index (χ1) is 13.7. The molecule has 3 rings (SSSR count). The van der Waals surface area contributed by atoms with Gasteiger partial charge in [-0.1, -0.05) is 17.8 Å². The Balaban J connectivity index is 1.54. The van der Waals surface area contributed by atoms with Gasteiger partial charge in [-0.05, 0) is 43.7 Å². The van der Waals surface area contributed by atoms with Gasteiger partial charge in [-0.25, -0.2) is 18.2 Å². The van der Waals surface area contributed by atoms with Crippen LogP contribution >= 0.6 is 11.8 Å². The standard InChI is InChI=1S/C19H17F3N4O2S/c1-9-3-5-12-14(7-9)26-19(25-12)29-10(2)18(28)23-8-15(27)24-13-6-4-11(20)16(21)17(13)22/h3-7,10H,8H2,1-2H3,(H,23,28)(H,24,27)(H,25,26). The van der Waals surface area contributed by atoms with Crippen LogP contribution in [0.4, 0.5) is 18.9 Å². The summed E-state index contributed by atoms with van der Waals surface area (Å²) in [6.45, 7) is 3.15. The number of anilines is 1. The normalized spacial score (nSPS) is 12.0. The smallest absolute Gasteiger partial charge is 0.243 e. The minimum Gasteiger partial charge on any atom is -0.346 e. The highest BCUT2D eigenvalue weighted by Gasteiger charge is 2.19. The number of carbonyl (C=O) groups excluding carboxylic acids is 2. The summed E-state index contributed by atoms with van der Waals surface area (Å²) >= 11 is 1.18. The molecule has 2 aromatic carbocycles. The first kappa shape index (κ1) is 20.7. The lowest BCUT2D eigenvalue weighted by molar-refractivity contribution is -0.123. The van der Waals surface area contributed by atoms with E-state index in [0.29, 0.717) is 11.2 Å². The van der Waals surface area contributed by atoms with Crippen LogP contribution in [0.1, 0.15) is 12.5 Å². The molecule has 152 valence electrons. The van der Waals surface area contributed by atoms with Crippen LogP contribution in [0, 0.1) is 24.4 Å². The van der Waals surface area contributed by atoms with Crippen molar-refractivity contribution < 1.29 is 22.8 Å². The van der Waals surface area contributed by atoms with Crippen molar-refractivity contribution in [1.82, 2.24) is 15.3 Å². The maximum Gasteiger partial charge on any atom is 0.243 e. The summed E-state index contributed by atoms with van der Waals surface area (Å²) in [5.41, 5.74) is 2.20. The van der Waals surface area contributed by atoms with Crippen molar-refractivity contribution in [2.75, 3.05) is 11.9 Å². The molecule has 6 nitrogen and oxygen atoms in total. The monoisotopic (exact) mass is 422 g/mol. The molecule has 0 aliphatic carbocycles. The van der Waals surface area contributed by atoms with E-state index in [9.17, 15) is 22.8 Å². The maximum atomic E-state index is 13.6. The minimum absolute atomic E-state index is 0.437. The van der Waals surface area contributed by atoms with Gasteiger partial charge in [0.05, 0.1) is 28.5 Å². The van der Waals surface area contributed by atoms with Gasteiger partial charge >= 0.3 is 0 Å². The first-order valence-electron chi connectivity index (χ1n) is 8.58.